The Labute approximate surface area is 186 Å². The number of hydrogen-bond donors (Lipinski definition) is 0. The van der Waals surface area contributed by atoms with E-state index in [4.69, 9.17) is 9.98 Å². The molecule has 2 nitrogen and oxygen atoms in total. The summed E-state index contributed by atoms with van der Waals surface area (Å²) in [5.74, 6) is 0. The van der Waals surface area contributed by atoms with Crippen LogP contribution in [-0.2, 0) is 0 Å². The fourth-order valence-electron chi connectivity index (χ4n) is 3.82. The summed E-state index contributed by atoms with van der Waals surface area (Å²) in [7, 11) is 0. The van der Waals surface area contributed by atoms with Gasteiger partial charge in [-0.15, -0.1) is 0 Å². The number of allylic oxidation sites excluding steroid dienone is 2. The number of hydrogen-bond acceptors (Lipinski definition) is 2. The molecule has 0 aromatic rings. The molecule has 27 heavy (non-hydrogen) atoms. The molecule has 2 aliphatic rings. The predicted molar refractivity (Wildman–Crippen MR) is 122 cm³/mol. The van der Waals surface area contributed by atoms with Crippen LogP contribution in [0.3, 0.4) is 0 Å². The van der Waals surface area contributed by atoms with Crippen molar-refractivity contribution in [2.75, 3.05) is 0 Å². The normalized spacial score (nSPS) is 29.0. The fraction of sp³-hybridized carbons (Fsp3) is 0.750. The van der Waals surface area contributed by atoms with Gasteiger partial charge in [0.05, 0.1) is 0 Å². The van der Waals surface area contributed by atoms with Crippen molar-refractivity contribution in [3.05, 3.63) is 24.3 Å². The van der Waals surface area contributed by atoms with E-state index < -0.39 is 33.8 Å². The van der Waals surface area contributed by atoms with Gasteiger partial charge in [0.1, 0.15) is 0 Å². The van der Waals surface area contributed by atoms with E-state index in [0.717, 1.165) is 0 Å². The van der Waals surface area contributed by atoms with Crippen LogP contribution < -0.4 is 0 Å². The van der Waals surface area contributed by atoms with Gasteiger partial charge in [0, 0.05) is 0 Å². The first-order valence-electron chi connectivity index (χ1n) is 10.4. The summed E-state index contributed by atoms with van der Waals surface area (Å²) in [6, 6.07) is 0. The molecule has 0 amide bonds. The van der Waals surface area contributed by atoms with E-state index in [1.807, 2.05) is 0 Å². The van der Waals surface area contributed by atoms with E-state index in [9.17, 15) is 0 Å². The molecular formula is C24H40CaN2. The summed E-state index contributed by atoms with van der Waals surface area (Å²) in [4.78, 5) is 10.9. The SMILES string of the molecule is CC(C)(C)C1=N[C]([Ca][C]2(C(C)(C)C)C=CC(C(C)(C)C)=N2)(C(C)(C)C)C=C1. The monoisotopic (exact) mass is 396 g/mol. The van der Waals surface area contributed by atoms with Crippen molar-refractivity contribution in [3.8, 4) is 0 Å². The molecule has 0 radical (unpaired) electrons. The maximum atomic E-state index is 5.46. The Morgan fingerprint density at radius 2 is 0.889 bits per heavy atom. The Hall–Kier alpha value is 0.0797. The van der Waals surface area contributed by atoms with Crippen LogP contribution in [0, 0.1) is 21.7 Å². The van der Waals surface area contributed by atoms with Gasteiger partial charge in [0.25, 0.3) is 0 Å². The average Bonchev–Trinajstić information content (AvgIpc) is 3.02. The van der Waals surface area contributed by atoms with E-state index in [2.05, 4.69) is 107 Å². The first-order chi connectivity index (χ1) is 11.8. The van der Waals surface area contributed by atoms with Crippen molar-refractivity contribution in [1.29, 1.82) is 0 Å². The van der Waals surface area contributed by atoms with Crippen LogP contribution in [0.5, 0.6) is 0 Å². The zero-order valence-corrected chi connectivity index (χ0v) is 22.1. The standard InChI is InChI=1S/2C12H20N.Ca/c2*1-11(2,3)9-7-8-10(13-9)12(4,5)6;/h2*7-8H,1-6H3;. The van der Waals surface area contributed by atoms with Crippen molar-refractivity contribution < 1.29 is 0 Å². The summed E-state index contributed by atoms with van der Waals surface area (Å²) < 4.78 is -0.117. The Balaban J connectivity index is 2.61. The Kier molecular flexibility index (Phi) is 5.89. The molecule has 2 atom stereocenters. The second-order valence-corrected chi connectivity index (χ2v) is 16.6. The second-order valence-electron chi connectivity index (χ2n) is 12.7. The zero-order valence-electron chi connectivity index (χ0n) is 19.9. The molecule has 0 aromatic heterocycles. The summed E-state index contributed by atoms with van der Waals surface area (Å²) in [6.45, 7) is 27.8. The van der Waals surface area contributed by atoms with Crippen LogP contribution in [0.1, 0.15) is 83.1 Å². The number of rotatable bonds is 2. The van der Waals surface area contributed by atoms with Crippen LogP contribution in [0.25, 0.3) is 0 Å². The average molecular weight is 397 g/mol. The van der Waals surface area contributed by atoms with Gasteiger partial charge in [-0.25, -0.2) is 0 Å². The van der Waals surface area contributed by atoms with Crippen LogP contribution in [0.15, 0.2) is 34.3 Å². The quantitative estimate of drug-likeness (QED) is 0.490. The molecule has 0 spiro atoms. The van der Waals surface area contributed by atoms with Gasteiger partial charge in [-0.05, 0) is 0 Å². The van der Waals surface area contributed by atoms with Gasteiger partial charge in [-0.3, -0.25) is 0 Å². The number of aliphatic imine (C=N–C) groups is 2. The van der Waals surface area contributed by atoms with Gasteiger partial charge in [0.2, 0.25) is 0 Å². The fourth-order valence-corrected chi connectivity index (χ4v) is 8.28. The predicted octanol–water partition coefficient (Wildman–Crippen LogP) is 6.29. The van der Waals surface area contributed by atoms with E-state index >= 15 is 0 Å². The molecular weight excluding hydrogens is 356 g/mol. The third-order valence-corrected chi connectivity index (χ3v) is 12.6. The van der Waals surface area contributed by atoms with Gasteiger partial charge in [-0.1, -0.05) is 0 Å². The van der Waals surface area contributed by atoms with E-state index in [0.29, 0.717) is 0 Å². The molecule has 2 rings (SSSR count). The molecule has 0 N–H and O–H groups in total. The minimum absolute atomic E-state index is 0.0585. The molecule has 0 aromatic carbocycles. The van der Waals surface area contributed by atoms with E-state index in [-0.39, 0.29) is 24.9 Å². The van der Waals surface area contributed by atoms with E-state index in [1.54, 1.807) is 0 Å². The van der Waals surface area contributed by atoms with Gasteiger partial charge >= 0.3 is 188 Å². The van der Waals surface area contributed by atoms with Crippen molar-refractivity contribution >= 4 is 45.3 Å². The third-order valence-electron chi connectivity index (χ3n) is 6.35. The summed E-state index contributed by atoms with van der Waals surface area (Å²) in [5, 5.41) is 0. The minimum atomic E-state index is -1.38. The molecule has 0 bridgehead atoms. The molecule has 2 unspecified atom stereocenters. The summed E-state index contributed by atoms with van der Waals surface area (Å²) in [6.07, 6.45) is 9.50. The van der Waals surface area contributed by atoms with Gasteiger partial charge in [-0.2, -0.15) is 0 Å². The summed E-state index contributed by atoms with van der Waals surface area (Å²) >= 11 is -1.38. The molecule has 0 saturated carbocycles. The van der Waals surface area contributed by atoms with Crippen molar-refractivity contribution in [2.24, 2.45) is 31.6 Å². The van der Waals surface area contributed by atoms with Crippen molar-refractivity contribution in [2.45, 2.75) is 86.4 Å². The first kappa shape index (κ1) is 23.4. The summed E-state index contributed by atoms with van der Waals surface area (Å²) in [5.41, 5.74) is 2.87. The molecule has 2 aliphatic heterocycles. The van der Waals surface area contributed by atoms with Crippen LogP contribution in [0.2, 0.25) is 0 Å². The Morgan fingerprint density at radius 3 is 1.07 bits per heavy atom. The van der Waals surface area contributed by atoms with Gasteiger partial charge in [0.15, 0.2) is 0 Å². The molecule has 3 heteroatoms. The van der Waals surface area contributed by atoms with Crippen LogP contribution in [-0.4, -0.2) is 48.5 Å². The molecule has 0 fully saturated rings. The Bertz CT molecular complexity index is 649. The Morgan fingerprint density at radius 1 is 0.593 bits per heavy atom. The maximum absolute atomic E-state index is 5.46. The molecule has 2 heterocycles. The topological polar surface area (TPSA) is 24.7 Å². The zero-order chi connectivity index (χ0) is 21.1. The van der Waals surface area contributed by atoms with Crippen molar-refractivity contribution in [1.82, 2.24) is 0 Å². The van der Waals surface area contributed by atoms with Gasteiger partial charge < -0.3 is 0 Å². The molecule has 0 aliphatic carbocycles. The third kappa shape index (κ3) is 4.48. The first-order valence-corrected chi connectivity index (χ1v) is 12.6. The molecule has 148 valence electrons. The second kappa shape index (κ2) is 6.81. The molecule has 0 saturated heterocycles. The van der Waals surface area contributed by atoms with Crippen LogP contribution >= 0.6 is 0 Å². The van der Waals surface area contributed by atoms with Crippen LogP contribution in [0.4, 0.5) is 0 Å². The number of nitrogens with zero attached hydrogens (tertiary/aromatic N) is 2. The van der Waals surface area contributed by atoms with Crippen molar-refractivity contribution in [3.63, 3.8) is 0 Å². The van der Waals surface area contributed by atoms with E-state index in [1.165, 1.54) is 11.4 Å².